The fraction of sp³-hybridized carbons (Fsp3) is 0.111. The number of hydrogen-bond donors (Lipinski definition) is 1. The number of aromatic nitrogens is 2. The number of nitrogens with two attached hydrogens (primary N) is 1. The van der Waals surface area contributed by atoms with Crippen LogP contribution < -0.4 is 5.73 Å². The Morgan fingerprint density at radius 3 is 2.71 bits per heavy atom. The number of anilines is 1. The van der Waals surface area contributed by atoms with Gasteiger partial charge in [0, 0.05) is 11.8 Å². The normalized spacial score (nSPS) is 10.4. The number of rotatable bonds is 1. The van der Waals surface area contributed by atoms with Crippen molar-refractivity contribution in [1.82, 2.24) is 9.97 Å². The number of hydrogen-bond acceptors (Lipinski definition) is 4. The van der Waals surface area contributed by atoms with Gasteiger partial charge in [-0.05, 0) is 18.6 Å². The number of nitrogen functional groups attached to an aromatic ring is 1. The molecule has 4 nitrogen and oxygen atoms in total. The second-order valence-corrected chi connectivity index (χ2v) is 3.25. The smallest absolute Gasteiger partial charge is 0.292 e. The molecule has 0 aliphatic heterocycles. The lowest BCUT2D eigenvalue weighted by atomic mass is 10.2. The summed E-state index contributed by atoms with van der Waals surface area (Å²) in [5.41, 5.74) is 7.06. The summed E-state index contributed by atoms with van der Waals surface area (Å²) in [6, 6.07) is 2.02. The van der Waals surface area contributed by atoms with Crippen LogP contribution in [-0.2, 0) is 0 Å². The number of aryl methyl sites for hydroxylation is 1. The minimum absolute atomic E-state index is 0.146. The van der Waals surface area contributed by atoms with Crippen molar-refractivity contribution in [2.45, 2.75) is 6.92 Å². The molecule has 5 heteroatoms. The molecular formula is C9H8ClN3O. The molecule has 0 amide bonds. The molecule has 0 fully saturated rings. The highest BCUT2D eigenvalue weighted by Crippen LogP contribution is 2.23. The zero-order valence-corrected chi connectivity index (χ0v) is 8.25. The summed E-state index contributed by atoms with van der Waals surface area (Å²) in [5.74, 6) is 0.592. The summed E-state index contributed by atoms with van der Waals surface area (Å²) in [6.45, 7) is 1.87. The lowest BCUT2D eigenvalue weighted by Crippen LogP contribution is -1.83. The third-order valence-corrected chi connectivity index (χ3v) is 2.22. The van der Waals surface area contributed by atoms with Gasteiger partial charge in [-0.25, -0.2) is 9.97 Å². The van der Waals surface area contributed by atoms with E-state index in [2.05, 4.69) is 9.97 Å². The average molecular weight is 210 g/mol. The summed E-state index contributed by atoms with van der Waals surface area (Å²) in [4.78, 5) is 7.80. The fourth-order valence-electron chi connectivity index (χ4n) is 1.11. The Morgan fingerprint density at radius 2 is 2.14 bits per heavy atom. The van der Waals surface area contributed by atoms with E-state index < -0.39 is 0 Å². The SMILES string of the molecule is Cc1cc(-c2cnc(N)o2)cnc1Cl. The first-order chi connectivity index (χ1) is 6.66. The fourth-order valence-corrected chi connectivity index (χ4v) is 1.22. The molecule has 0 radical (unpaired) electrons. The zero-order valence-electron chi connectivity index (χ0n) is 7.49. The zero-order chi connectivity index (χ0) is 10.1. The maximum Gasteiger partial charge on any atom is 0.292 e. The van der Waals surface area contributed by atoms with Gasteiger partial charge >= 0.3 is 0 Å². The van der Waals surface area contributed by atoms with E-state index in [1.165, 1.54) is 0 Å². The van der Waals surface area contributed by atoms with Crippen molar-refractivity contribution in [3.05, 3.63) is 29.2 Å². The van der Waals surface area contributed by atoms with Crippen molar-refractivity contribution in [1.29, 1.82) is 0 Å². The first-order valence-corrected chi connectivity index (χ1v) is 4.38. The lowest BCUT2D eigenvalue weighted by molar-refractivity contribution is 0.594. The second-order valence-electron chi connectivity index (χ2n) is 2.89. The van der Waals surface area contributed by atoms with E-state index in [0.29, 0.717) is 10.9 Å². The van der Waals surface area contributed by atoms with Gasteiger partial charge in [0.15, 0.2) is 5.76 Å². The second kappa shape index (κ2) is 3.31. The van der Waals surface area contributed by atoms with Crippen LogP contribution in [-0.4, -0.2) is 9.97 Å². The first-order valence-electron chi connectivity index (χ1n) is 4.00. The third-order valence-electron chi connectivity index (χ3n) is 1.82. The minimum Gasteiger partial charge on any atom is -0.424 e. The third kappa shape index (κ3) is 1.56. The van der Waals surface area contributed by atoms with Crippen LogP contribution in [0.3, 0.4) is 0 Å². The molecule has 0 atom stereocenters. The highest BCUT2D eigenvalue weighted by molar-refractivity contribution is 6.30. The predicted octanol–water partition coefficient (Wildman–Crippen LogP) is 2.28. The maximum atomic E-state index is 5.79. The quantitative estimate of drug-likeness (QED) is 0.732. The van der Waals surface area contributed by atoms with Crippen molar-refractivity contribution in [3.8, 4) is 11.3 Å². The van der Waals surface area contributed by atoms with Crippen molar-refractivity contribution in [2.24, 2.45) is 0 Å². The predicted molar refractivity (Wildman–Crippen MR) is 53.9 cm³/mol. The van der Waals surface area contributed by atoms with Crippen LogP contribution in [0.1, 0.15) is 5.56 Å². The van der Waals surface area contributed by atoms with E-state index in [0.717, 1.165) is 11.1 Å². The van der Waals surface area contributed by atoms with Crippen molar-refractivity contribution in [3.63, 3.8) is 0 Å². The van der Waals surface area contributed by atoms with Crippen LogP contribution in [0.5, 0.6) is 0 Å². The molecule has 0 aliphatic rings. The Kier molecular flexibility index (Phi) is 2.13. The standard InChI is InChI=1S/C9H8ClN3O/c1-5-2-6(3-12-8(5)10)7-4-13-9(11)14-7/h2-4H,1H3,(H2,11,13). The number of pyridine rings is 1. The summed E-state index contributed by atoms with van der Waals surface area (Å²) < 4.78 is 5.15. The summed E-state index contributed by atoms with van der Waals surface area (Å²) >= 11 is 5.79. The molecule has 2 N–H and O–H groups in total. The van der Waals surface area contributed by atoms with E-state index in [4.69, 9.17) is 21.8 Å². The molecule has 0 saturated carbocycles. The van der Waals surface area contributed by atoms with Crippen molar-refractivity contribution >= 4 is 17.6 Å². The van der Waals surface area contributed by atoms with Gasteiger partial charge < -0.3 is 10.2 Å². The molecule has 0 unspecified atom stereocenters. The van der Waals surface area contributed by atoms with Gasteiger partial charge in [-0.3, -0.25) is 0 Å². The topological polar surface area (TPSA) is 64.9 Å². The molecule has 0 aromatic carbocycles. The summed E-state index contributed by atoms with van der Waals surface area (Å²) in [7, 11) is 0. The van der Waals surface area contributed by atoms with Gasteiger partial charge in [0.2, 0.25) is 0 Å². The molecule has 14 heavy (non-hydrogen) atoms. The molecule has 2 heterocycles. The molecule has 0 saturated heterocycles. The van der Waals surface area contributed by atoms with Crippen LogP contribution in [0, 0.1) is 6.92 Å². The Balaban J connectivity index is 2.47. The Morgan fingerprint density at radius 1 is 1.36 bits per heavy atom. The Bertz CT molecular complexity index is 467. The molecule has 2 aromatic heterocycles. The summed E-state index contributed by atoms with van der Waals surface area (Å²) in [6.07, 6.45) is 3.18. The number of oxazole rings is 1. The van der Waals surface area contributed by atoms with E-state index >= 15 is 0 Å². The minimum atomic E-state index is 0.146. The maximum absolute atomic E-state index is 5.79. The van der Waals surface area contributed by atoms with Crippen LogP contribution in [0.2, 0.25) is 5.15 Å². The van der Waals surface area contributed by atoms with Gasteiger partial charge in [0.1, 0.15) is 5.15 Å². The van der Waals surface area contributed by atoms with Gasteiger partial charge in [-0.2, -0.15) is 0 Å². The van der Waals surface area contributed by atoms with Crippen LogP contribution in [0.4, 0.5) is 6.01 Å². The van der Waals surface area contributed by atoms with Crippen LogP contribution >= 0.6 is 11.6 Å². The van der Waals surface area contributed by atoms with E-state index in [-0.39, 0.29) is 6.01 Å². The van der Waals surface area contributed by atoms with E-state index in [1.807, 2.05) is 13.0 Å². The molecule has 0 spiro atoms. The number of halogens is 1. The largest absolute Gasteiger partial charge is 0.424 e. The van der Waals surface area contributed by atoms with E-state index in [9.17, 15) is 0 Å². The first kappa shape index (κ1) is 9.02. The van der Waals surface area contributed by atoms with Gasteiger partial charge in [0.05, 0.1) is 6.20 Å². The molecule has 72 valence electrons. The van der Waals surface area contributed by atoms with Gasteiger partial charge in [0.25, 0.3) is 6.01 Å². The van der Waals surface area contributed by atoms with Crippen LogP contribution in [0.15, 0.2) is 22.9 Å². The van der Waals surface area contributed by atoms with Gasteiger partial charge in [-0.15, -0.1) is 0 Å². The highest BCUT2D eigenvalue weighted by Gasteiger charge is 2.06. The monoisotopic (exact) mass is 209 g/mol. The molecule has 2 rings (SSSR count). The molecule has 2 aromatic rings. The molecular weight excluding hydrogens is 202 g/mol. The highest BCUT2D eigenvalue weighted by atomic mass is 35.5. The van der Waals surface area contributed by atoms with Crippen molar-refractivity contribution < 1.29 is 4.42 Å². The Labute approximate surface area is 85.7 Å². The van der Waals surface area contributed by atoms with Gasteiger partial charge in [-0.1, -0.05) is 11.6 Å². The van der Waals surface area contributed by atoms with E-state index in [1.54, 1.807) is 12.4 Å². The van der Waals surface area contributed by atoms with Crippen molar-refractivity contribution in [2.75, 3.05) is 5.73 Å². The number of nitrogens with zero attached hydrogens (tertiary/aromatic N) is 2. The lowest BCUT2D eigenvalue weighted by Gasteiger charge is -1.99. The Hall–Kier alpha value is -1.55. The summed E-state index contributed by atoms with van der Waals surface area (Å²) in [5, 5.41) is 0.487. The molecule has 0 bridgehead atoms. The molecule has 0 aliphatic carbocycles. The average Bonchev–Trinajstić information content (AvgIpc) is 2.57. The van der Waals surface area contributed by atoms with Crippen LogP contribution in [0.25, 0.3) is 11.3 Å².